The van der Waals surface area contributed by atoms with E-state index in [1.165, 1.54) is 0 Å². The maximum absolute atomic E-state index is 11.6. The molecule has 0 radical (unpaired) electrons. The molecule has 1 aromatic heterocycles. The van der Waals surface area contributed by atoms with E-state index in [4.69, 9.17) is 0 Å². The minimum atomic E-state index is -4.22. The first kappa shape index (κ1) is 22.5. The van der Waals surface area contributed by atoms with Crippen LogP contribution in [0, 0.1) is 0 Å². The summed E-state index contributed by atoms with van der Waals surface area (Å²) >= 11 is 0. The standard InChI is InChI=1S/C15H13NO3S.2ClH.Zr/c1-9-6-12(11-4-3-5-16-8-11)13-7-10(2)15(14(9)13)20(17,18)19;;;/h3-8H,1-2H3,(H,17,18,19);2*1H;/q;;;+2/p-2. The molecule has 8 heteroatoms. The molecule has 1 heterocycles. The van der Waals surface area contributed by atoms with E-state index in [1.807, 2.05) is 25.1 Å². The Labute approximate surface area is 167 Å². The average molecular weight is 449 g/mol. The zero-order valence-electron chi connectivity index (χ0n) is 12.3. The molecular weight excluding hydrogens is 436 g/mol. The summed E-state index contributed by atoms with van der Waals surface area (Å²) in [4.78, 5) is 4.10. The molecule has 0 unspecified atom stereocenters. The van der Waals surface area contributed by atoms with Crippen molar-refractivity contribution in [2.45, 2.75) is 13.8 Å². The molecule has 0 aromatic carbocycles. The van der Waals surface area contributed by atoms with Crippen LogP contribution in [0.25, 0.3) is 5.57 Å². The Hall–Kier alpha value is -0.517. The van der Waals surface area contributed by atoms with Gasteiger partial charge >= 0.3 is 26.2 Å². The van der Waals surface area contributed by atoms with Crippen molar-refractivity contribution in [1.82, 2.24) is 4.98 Å². The Morgan fingerprint density at radius 2 is 1.65 bits per heavy atom. The van der Waals surface area contributed by atoms with Gasteiger partial charge in [0.05, 0.1) is 0 Å². The van der Waals surface area contributed by atoms with Crippen molar-refractivity contribution >= 4 is 15.7 Å². The SMILES string of the molecule is CC1=C2C(=CC(C)=C2S(=O)(=O)O)C(c2cccnc2)=C1.[Cl-].[Cl-].[Zr+2]. The molecule has 2 aliphatic carbocycles. The van der Waals surface area contributed by atoms with Crippen LogP contribution in [0.2, 0.25) is 0 Å². The van der Waals surface area contributed by atoms with E-state index in [1.54, 1.807) is 25.4 Å². The molecule has 3 rings (SSSR count). The predicted octanol–water partition coefficient (Wildman–Crippen LogP) is -3.10. The van der Waals surface area contributed by atoms with Gasteiger partial charge in [-0.2, -0.15) is 8.42 Å². The number of nitrogens with zero attached hydrogens (tertiary/aromatic N) is 1. The minimum absolute atomic E-state index is 0. The van der Waals surface area contributed by atoms with Gasteiger partial charge in [-0.05, 0) is 48.3 Å². The fraction of sp³-hybridized carbons (Fsp3) is 0.133. The maximum atomic E-state index is 11.6. The van der Waals surface area contributed by atoms with Crippen LogP contribution in [0.3, 0.4) is 0 Å². The number of allylic oxidation sites excluding steroid dienone is 7. The van der Waals surface area contributed by atoms with Crippen molar-refractivity contribution in [2.24, 2.45) is 0 Å². The first-order valence-corrected chi connectivity index (χ1v) is 7.58. The molecule has 1 aromatic rings. The van der Waals surface area contributed by atoms with Crippen molar-refractivity contribution in [3.8, 4) is 0 Å². The third-order valence-electron chi connectivity index (χ3n) is 3.49. The molecule has 0 aliphatic heterocycles. The Balaban J connectivity index is 0.00000161. The van der Waals surface area contributed by atoms with Gasteiger partial charge in [0.25, 0.3) is 10.1 Å². The van der Waals surface area contributed by atoms with Gasteiger partial charge in [-0.1, -0.05) is 12.1 Å². The van der Waals surface area contributed by atoms with Crippen LogP contribution in [0.4, 0.5) is 0 Å². The quantitative estimate of drug-likeness (QED) is 0.486. The van der Waals surface area contributed by atoms with Crippen LogP contribution in [0.15, 0.2) is 63.9 Å². The van der Waals surface area contributed by atoms with Crippen LogP contribution >= 0.6 is 0 Å². The Kier molecular flexibility index (Phi) is 7.86. The van der Waals surface area contributed by atoms with Crippen LogP contribution in [-0.4, -0.2) is 18.0 Å². The third kappa shape index (κ3) is 3.94. The van der Waals surface area contributed by atoms with E-state index in [-0.39, 0.29) is 55.9 Å². The molecular formula is C15H13Cl2NO3SZr. The molecule has 0 fully saturated rings. The molecule has 23 heavy (non-hydrogen) atoms. The van der Waals surface area contributed by atoms with Crippen LogP contribution in [-0.2, 0) is 36.3 Å². The summed E-state index contributed by atoms with van der Waals surface area (Å²) in [5.74, 6) is 0. The monoisotopic (exact) mass is 447 g/mol. The largest absolute Gasteiger partial charge is 2.00 e. The zero-order chi connectivity index (χ0) is 14.5. The first-order chi connectivity index (χ1) is 9.39. The topological polar surface area (TPSA) is 67.3 Å². The molecule has 0 saturated carbocycles. The average Bonchev–Trinajstić information content (AvgIpc) is 2.87. The van der Waals surface area contributed by atoms with Crippen molar-refractivity contribution < 1.29 is 64.0 Å². The fourth-order valence-electron chi connectivity index (χ4n) is 2.74. The summed E-state index contributed by atoms with van der Waals surface area (Å²) in [6, 6.07) is 3.76. The van der Waals surface area contributed by atoms with E-state index >= 15 is 0 Å². The van der Waals surface area contributed by atoms with Gasteiger partial charge in [0.15, 0.2) is 0 Å². The Morgan fingerprint density at radius 1 is 1.04 bits per heavy atom. The molecule has 1 N–H and O–H groups in total. The number of hydrogen-bond acceptors (Lipinski definition) is 3. The molecule has 0 atom stereocenters. The number of hydrogen-bond donors (Lipinski definition) is 1. The molecule has 0 spiro atoms. The maximum Gasteiger partial charge on any atom is 2.00 e. The van der Waals surface area contributed by atoms with Crippen molar-refractivity contribution in [3.63, 3.8) is 0 Å². The van der Waals surface area contributed by atoms with Crippen LogP contribution in [0.1, 0.15) is 19.4 Å². The zero-order valence-corrected chi connectivity index (χ0v) is 17.1. The molecule has 0 saturated heterocycles. The second kappa shape index (κ2) is 8.04. The summed E-state index contributed by atoms with van der Waals surface area (Å²) in [5, 5.41) is 0. The fourth-order valence-corrected chi connectivity index (χ4v) is 3.73. The summed E-state index contributed by atoms with van der Waals surface area (Å²) in [5.41, 5.74) is 4.69. The van der Waals surface area contributed by atoms with Crippen molar-refractivity contribution in [2.75, 3.05) is 0 Å². The minimum Gasteiger partial charge on any atom is -1.00 e. The number of fused-ring (bicyclic) bond motifs is 1. The Morgan fingerprint density at radius 3 is 2.17 bits per heavy atom. The van der Waals surface area contributed by atoms with Gasteiger partial charge in [0.1, 0.15) is 4.91 Å². The molecule has 120 valence electrons. The van der Waals surface area contributed by atoms with E-state index in [0.29, 0.717) is 11.1 Å². The number of aromatic nitrogens is 1. The first-order valence-electron chi connectivity index (χ1n) is 6.14. The predicted molar refractivity (Wildman–Crippen MR) is 77.2 cm³/mol. The smallest absolute Gasteiger partial charge is 1.00 e. The number of halogens is 2. The molecule has 4 nitrogen and oxygen atoms in total. The second-order valence-electron chi connectivity index (χ2n) is 4.90. The van der Waals surface area contributed by atoms with E-state index in [2.05, 4.69) is 4.98 Å². The van der Waals surface area contributed by atoms with Gasteiger partial charge in [-0.25, -0.2) is 0 Å². The molecule has 0 bridgehead atoms. The van der Waals surface area contributed by atoms with Gasteiger partial charge in [0.2, 0.25) is 0 Å². The van der Waals surface area contributed by atoms with Gasteiger partial charge in [-0.3, -0.25) is 9.54 Å². The van der Waals surface area contributed by atoms with Crippen LogP contribution in [0.5, 0.6) is 0 Å². The number of pyridine rings is 1. The summed E-state index contributed by atoms with van der Waals surface area (Å²) in [6.07, 6.45) is 7.16. The van der Waals surface area contributed by atoms with Gasteiger partial charge in [0, 0.05) is 23.5 Å². The second-order valence-corrected chi connectivity index (χ2v) is 6.26. The van der Waals surface area contributed by atoms with Gasteiger partial charge in [-0.15, -0.1) is 0 Å². The van der Waals surface area contributed by atoms with Gasteiger partial charge < -0.3 is 24.8 Å². The summed E-state index contributed by atoms with van der Waals surface area (Å²) in [7, 11) is -4.22. The van der Waals surface area contributed by atoms with Crippen molar-refractivity contribution in [1.29, 1.82) is 0 Å². The number of rotatable bonds is 2. The molecule has 2 aliphatic rings. The van der Waals surface area contributed by atoms with Crippen molar-refractivity contribution in [3.05, 3.63) is 69.4 Å². The van der Waals surface area contributed by atoms with Crippen LogP contribution < -0.4 is 24.8 Å². The Bertz CT molecular complexity index is 841. The van der Waals surface area contributed by atoms with E-state index < -0.39 is 10.1 Å². The third-order valence-corrected chi connectivity index (χ3v) is 4.53. The molecule has 0 amide bonds. The summed E-state index contributed by atoms with van der Waals surface area (Å²) in [6.45, 7) is 3.53. The van der Waals surface area contributed by atoms with E-state index in [0.717, 1.165) is 22.3 Å². The van der Waals surface area contributed by atoms with E-state index in [9.17, 15) is 13.0 Å². The summed E-state index contributed by atoms with van der Waals surface area (Å²) < 4.78 is 32.6. The normalized spacial score (nSPS) is 16.0.